The van der Waals surface area contributed by atoms with Gasteiger partial charge in [0.1, 0.15) is 11.6 Å². The number of amides is 1. The molecular weight excluding hydrogens is 513 g/mol. The van der Waals surface area contributed by atoms with Crippen LogP contribution in [-0.4, -0.2) is 59.4 Å². The van der Waals surface area contributed by atoms with Crippen LogP contribution in [0.15, 0.2) is 24.4 Å². The number of nitrogens with one attached hydrogen (secondary N) is 4. The number of ether oxygens (including phenoxy) is 1. The van der Waals surface area contributed by atoms with E-state index < -0.39 is 27.2 Å². The topological polar surface area (TPSA) is 151 Å². The van der Waals surface area contributed by atoms with Crippen LogP contribution in [0.25, 0.3) is 22.6 Å². The van der Waals surface area contributed by atoms with Crippen molar-refractivity contribution < 1.29 is 22.3 Å². The van der Waals surface area contributed by atoms with Gasteiger partial charge in [-0.2, -0.15) is 0 Å². The van der Waals surface area contributed by atoms with Gasteiger partial charge in [0.25, 0.3) is 0 Å². The standard InChI is InChI=1S/C25H30FN7O4S/c1-13(29-25(34)37-3)12-28-24-27-9-8-19(30-24)22-21(31-23(32-22)15-4-5-15)18-10-16(26)11-20(14(18)2)33-38(35,36)17-6-7-17/h8-11,13,15,17,33H,4-7,12H2,1-3H3,(H,29,34)(H,31,32)(H,27,28,30)/t13-/m0/s1. The van der Waals surface area contributed by atoms with E-state index >= 15 is 0 Å². The highest BCUT2D eigenvalue weighted by atomic mass is 32.2. The molecular formula is C25H30FN7O4S. The molecule has 5 rings (SSSR count). The van der Waals surface area contributed by atoms with Gasteiger partial charge < -0.3 is 20.4 Å². The van der Waals surface area contributed by atoms with Gasteiger partial charge in [0.2, 0.25) is 16.0 Å². The average molecular weight is 544 g/mol. The van der Waals surface area contributed by atoms with E-state index in [0.29, 0.717) is 53.5 Å². The summed E-state index contributed by atoms with van der Waals surface area (Å²) in [5.41, 5.74) is 2.85. The summed E-state index contributed by atoms with van der Waals surface area (Å²) in [5, 5.41) is 5.32. The fourth-order valence-electron chi connectivity index (χ4n) is 4.11. The maximum absolute atomic E-state index is 14.8. The molecule has 0 saturated heterocycles. The van der Waals surface area contributed by atoms with Gasteiger partial charge in [-0.05, 0) is 63.3 Å². The van der Waals surface area contributed by atoms with Gasteiger partial charge in [0.15, 0.2) is 0 Å². The number of anilines is 2. The number of rotatable bonds is 10. The van der Waals surface area contributed by atoms with Gasteiger partial charge in [-0.3, -0.25) is 4.72 Å². The SMILES string of the molecule is COC(=O)N[C@@H](C)CNc1nccc(-c2[nH]c(C3CC3)nc2-c2cc(F)cc(NS(=O)(=O)C3CC3)c2C)n1. The van der Waals surface area contributed by atoms with Crippen LogP contribution < -0.4 is 15.4 Å². The maximum atomic E-state index is 14.8. The zero-order valence-electron chi connectivity index (χ0n) is 21.3. The van der Waals surface area contributed by atoms with E-state index in [1.165, 1.54) is 19.2 Å². The highest BCUT2D eigenvalue weighted by Gasteiger charge is 2.36. The lowest BCUT2D eigenvalue weighted by Crippen LogP contribution is -2.37. The number of methoxy groups -OCH3 is 1. The minimum absolute atomic E-state index is 0.200. The molecule has 2 fully saturated rings. The van der Waals surface area contributed by atoms with Gasteiger partial charge in [0.05, 0.1) is 35.1 Å². The van der Waals surface area contributed by atoms with E-state index in [9.17, 15) is 17.6 Å². The lowest BCUT2D eigenvalue weighted by molar-refractivity contribution is 0.168. The quantitative estimate of drug-likeness (QED) is 0.300. The van der Waals surface area contributed by atoms with Crippen LogP contribution in [-0.2, 0) is 14.8 Å². The van der Waals surface area contributed by atoms with Gasteiger partial charge in [-0.15, -0.1) is 0 Å². The number of H-pyrrole nitrogens is 1. The normalized spacial score (nSPS) is 16.1. The van der Waals surface area contributed by atoms with Crippen molar-refractivity contribution in [3.63, 3.8) is 0 Å². The lowest BCUT2D eigenvalue weighted by atomic mass is 10.0. The smallest absolute Gasteiger partial charge is 0.407 e. The lowest BCUT2D eigenvalue weighted by Gasteiger charge is -2.15. The highest BCUT2D eigenvalue weighted by molar-refractivity contribution is 7.93. The Morgan fingerprint density at radius 1 is 1.24 bits per heavy atom. The van der Waals surface area contributed by atoms with Crippen molar-refractivity contribution in [2.45, 2.75) is 56.7 Å². The Morgan fingerprint density at radius 3 is 2.68 bits per heavy atom. The number of imidazole rings is 1. The third-order valence-electron chi connectivity index (χ3n) is 6.56. The zero-order valence-corrected chi connectivity index (χ0v) is 22.2. The number of hydrogen-bond donors (Lipinski definition) is 4. The molecule has 13 heteroatoms. The fraction of sp³-hybridized carbons (Fsp3) is 0.440. The van der Waals surface area contributed by atoms with Crippen molar-refractivity contribution in [3.05, 3.63) is 41.6 Å². The number of halogens is 1. The predicted octanol–water partition coefficient (Wildman–Crippen LogP) is 3.92. The maximum Gasteiger partial charge on any atom is 0.407 e. The van der Waals surface area contributed by atoms with Crippen molar-refractivity contribution in [2.24, 2.45) is 0 Å². The first kappa shape index (κ1) is 25.9. The molecule has 2 aliphatic rings. The number of aromatic amines is 1. The van der Waals surface area contributed by atoms with Crippen LogP contribution in [0, 0.1) is 12.7 Å². The van der Waals surface area contributed by atoms with Crippen molar-refractivity contribution in [3.8, 4) is 22.6 Å². The number of benzene rings is 1. The monoisotopic (exact) mass is 543 g/mol. The van der Waals surface area contributed by atoms with Crippen molar-refractivity contribution in [1.82, 2.24) is 25.3 Å². The molecule has 2 aromatic heterocycles. The summed E-state index contributed by atoms with van der Waals surface area (Å²) < 4.78 is 47.2. The van der Waals surface area contributed by atoms with E-state index in [-0.39, 0.29) is 17.6 Å². The average Bonchev–Trinajstić information content (AvgIpc) is 3.82. The molecule has 1 atom stereocenters. The number of carbonyl (C=O) groups excluding carboxylic acids is 1. The van der Waals surface area contributed by atoms with E-state index in [0.717, 1.165) is 18.7 Å². The summed E-state index contributed by atoms with van der Waals surface area (Å²) in [7, 11) is -2.28. The van der Waals surface area contributed by atoms with Gasteiger partial charge in [-0.1, -0.05) is 0 Å². The summed E-state index contributed by atoms with van der Waals surface area (Å²) in [6, 6.07) is 4.04. The molecule has 202 valence electrons. The van der Waals surface area contributed by atoms with Crippen molar-refractivity contribution >= 4 is 27.8 Å². The first-order chi connectivity index (χ1) is 18.1. The predicted molar refractivity (Wildman–Crippen MR) is 141 cm³/mol. The first-order valence-corrected chi connectivity index (χ1v) is 14.0. The minimum atomic E-state index is -3.58. The van der Waals surface area contributed by atoms with Gasteiger partial charge in [-0.25, -0.2) is 32.6 Å². The van der Waals surface area contributed by atoms with Crippen LogP contribution in [0.4, 0.5) is 20.8 Å². The molecule has 11 nitrogen and oxygen atoms in total. The Morgan fingerprint density at radius 2 is 2.00 bits per heavy atom. The highest BCUT2D eigenvalue weighted by Crippen LogP contribution is 2.43. The zero-order chi connectivity index (χ0) is 27.0. The summed E-state index contributed by atoms with van der Waals surface area (Å²) in [6.07, 6.45) is 4.27. The molecule has 2 saturated carbocycles. The molecule has 0 bridgehead atoms. The molecule has 0 aliphatic heterocycles. The van der Waals surface area contributed by atoms with Crippen LogP contribution in [0.1, 0.15) is 49.9 Å². The Balaban J connectivity index is 1.48. The fourth-order valence-corrected chi connectivity index (χ4v) is 5.55. The minimum Gasteiger partial charge on any atom is -0.453 e. The third-order valence-corrected chi connectivity index (χ3v) is 8.41. The Kier molecular flexibility index (Phi) is 6.95. The second-order valence-electron chi connectivity index (χ2n) is 9.78. The number of nitrogens with zero attached hydrogens (tertiary/aromatic N) is 3. The van der Waals surface area contributed by atoms with Crippen LogP contribution in [0.5, 0.6) is 0 Å². The molecule has 4 N–H and O–H groups in total. The largest absolute Gasteiger partial charge is 0.453 e. The molecule has 1 amide bonds. The second-order valence-corrected chi connectivity index (χ2v) is 11.7. The number of aromatic nitrogens is 4. The van der Waals surface area contributed by atoms with Crippen molar-refractivity contribution in [2.75, 3.05) is 23.7 Å². The molecule has 1 aromatic carbocycles. The number of hydrogen-bond acceptors (Lipinski definition) is 8. The second kappa shape index (κ2) is 10.2. The van der Waals surface area contributed by atoms with Crippen LogP contribution >= 0.6 is 0 Å². The molecule has 2 heterocycles. The number of alkyl carbamates (subject to hydrolysis) is 1. The number of sulfonamides is 1. The molecule has 3 aromatic rings. The number of carbonyl (C=O) groups is 1. The summed E-state index contributed by atoms with van der Waals surface area (Å²) in [6.45, 7) is 3.91. The molecule has 0 spiro atoms. The van der Waals surface area contributed by atoms with E-state index in [1.807, 2.05) is 6.92 Å². The molecule has 0 radical (unpaired) electrons. The van der Waals surface area contributed by atoms with E-state index in [2.05, 4.69) is 35.0 Å². The van der Waals surface area contributed by atoms with E-state index in [4.69, 9.17) is 4.98 Å². The summed E-state index contributed by atoms with van der Waals surface area (Å²) >= 11 is 0. The first-order valence-electron chi connectivity index (χ1n) is 12.5. The van der Waals surface area contributed by atoms with Crippen LogP contribution in [0.3, 0.4) is 0 Å². The van der Waals surface area contributed by atoms with Gasteiger partial charge >= 0.3 is 6.09 Å². The molecule has 38 heavy (non-hydrogen) atoms. The molecule has 2 aliphatic carbocycles. The van der Waals surface area contributed by atoms with Gasteiger partial charge in [0, 0.05) is 30.3 Å². The van der Waals surface area contributed by atoms with Crippen LogP contribution in [0.2, 0.25) is 0 Å². The molecule has 0 unspecified atom stereocenters. The summed E-state index contributed by atoms with van der Waals surface area (Å²) in [5.74, 6) is 0.832. The Labute approximate surface area is 220 Å². The third kappa shape index (κ3) is 5.72. The Bertz CT molecular complexity index is 1470. The van der Waals surface area contributed by atoms with Crippen molar-refractivity contribution in [1.29, 1.82) is 0 Å². The summed E-state index contributed by atoms with van der Waals surface area (Å²) in [4.78, 5) is 28.5. The van der Waals surface area contributed by atoms with E-state index in [1.54, 1.807) is 19.2 Å². The Hall–Kier alpha value is -3.74.